The number of rotatable bonds is 7. The molecule has 0 saturated heterocycles. The molecule has 7 heteroatoms. The van der Waals surface area contributed by atoms with Crippen molar-refractivity contribution < 1.29 is 18.3 Å². The van der Waals surface area contributed by atoms with Crippen molar-refractivity contribution >= 4 is 23.1 Å². The number of nitrogens with two attached hydrogens (primary N) is 1. The molecule has 0 heterocycles. The van der Waals surface area contributed by atoms with Crippen molar-refractivity contribution in [3.63, 3.8) is 0 Å². The molecule has 20 heavy (non-hydrogen) atoms. The van der Waals surface area contributed by atoms with Crippen LogP contribution in [0.2, 0.25) is 0 Å². The van der Waals surface area contributed by atoms with Crippen molar-refractivity contribution in [1.29, 1.82) is 0 Å². The average molecular weight is 302 g/mol. The molecular formula is C13H16F2N2O2S. The third kappa shape index (κ3) is 5.08. The third-order valence-corrected chi connectivity index (χ3v) is 2.56. The van der Waals surface area contributed by atoms with E-state index in [1.54, 1.807) is 0 Å². The number of carbonyl (C=O) groups excluding carboxylic acids is 1. The summed E-state index contributed by atoms with van der Waals surface area (Å²) in [5.41, 5.74) is 5.71. The summed E-state index contributed by atoms with van der Waals surface area (Å²) < 4.78 is 28.6. The summed E-state index contributed by atoms with van der Waals surface area (Å²) in [5, 5.41) is 0. The Morgan fingerprint density at radius 2 is 2.20 bits per heavy atom. The summed E-state index contributed by atoms with van der Waals surface area (Å²) in [6, 6.07) is 5.65. The van der Waals surface area contributed by atoms with E-state index < -0.39 is 6.61 Å². The number of hydrogen-bond donors (Lipinski definition) is 1. The number of carbonyl (C=O) groups is 1. The van der Waals surface area contributed by atoms with E-state index in [0.29, 0.717) is 6.54 Å². The number of nitrogens with zero attached hydrogens (tertiary/aromatic N) is 1. The van der Waals surface area contributed by atoms with E-state index >= 15 is 0 Å². The molecule has 110 valence electrons. The first kappa shape index (κ1) is 16.3. The molecule has 1 rings (SSSR count). The predicted molar refractivity (Wildman–Crippen MR) is 76.1 cm³/mol. The van der Waals surface area contributed by atoms with Crippen LogP contribution in [0, 0.1) is 0 Å². The van der Waals surface area contributed by atoms with Crippen LogP contribution < -0.4 is 10.5 Å². The summed E-state index contributed by atoms with van der Waals surface area (Å²) in [6.07, 6.45) is 0.738. The number of ether oxygens (including phenoxy) is 1. The molecule has 0 aromatic heterocycles. The van der Waals surface area contributed by atoms with Crippen molar-refractivity contribution in [1.82, 2.24) is 4.90 Å². The largest absolute Gasteiger partial charge is 0.435 e. The fourth-order valence-corrected chi connectivity index (χ4v) is 1.85. The van der Waals surface area contributed by atoms with Gasteiger partial charge in [-0.3, -0.25) is 4.79 Å². The molecule has 0 bridgehead atoms. The van der Waals surface area contributed by atoms with E-state index in [9.17, 15) is 13.6 Å². The number of amides is 1. The van der Waals surface area contributed by atoms with Crippen LogP contribution in [0.5, 0.6) is 5.75 Å². The summed E-state index contributed by atoms with van der Waals surface area (Å²) in [7, 11) is 0. The zero-order valence-corrected chi connectivity index (χ0v) is 11.8. The van der Waals surface area contributed by atoms with E-state index in [1.165, 1.54) is 29.2 Å². The maximum absolute atomic E-state index is 12.3. The summed E-state index contributed by atoms with van der Waals surface area (Å²) in [4.78, 5) is 14.0. The number of halogens is 2. The van der Waals surface area contributed by atoms with Crippen molar-refractivity contribution in [2.75, 3.05) is 13.1 Å². The Hall–Kier alpha value is -1.76. The molecule has 0 fully saturated rings. The van der Waals surface area contributed by atoms with Crippen LogP contribution in [0.1, 0.15) is 23.7 Å². The number of benzene rings is 1. The quantitative estimate of drug-likeness (QED) is 0.786. The molecule has 1 aromatic carbocycles. The fraction of sp³-hybridized carbons (Fsp3) is 0.385. The van der Waals surface area contributed by atoms with Gasteiger partial charge in [0, 0.05) is 12.1 Å². The van der Waals surface area contributed by atoms with Gasteiger partial charge in [0.2, 0.25) is 0 Å². The first-order valence-electron chi connectivity index (χ1n) is 6.06. The van der Waals surface area contributed by atoms with Gasteiger partial charge in [-0.1, -0.05) is 25.2 Å². The minimum absolute atomic E-state index is 0.0578. The molecule has 0 unspecified atom stereocenters. The van der Waals surface area contributed by atoms with Gasteiger partial charge in [0.15, 0.2) is 0 Å². The molecular weight excluding hydrogens is 286 g/mol. The van der Waals surface area contributed by atoms with Gasteiger partial charge in [-0.2, -0.15) is 8.78 Å². The molecule has 0 atom stereocenters. The molecule has 0 aliphatic carbocycles. The second-order valence-electron chi connectivity index (χ2n) is 4.10. The SMILES string of the molecule is CCCN(CC(N)=S)C(=O)c1cccc(OC(F)F)c1. The van der Waals surface area contributed by atoms with E-state index in [-0.39, 0.29) is 28.8 Å². The van der Waals surface area contributed by atoms with Crippen LogP contribution >= 0.6 is 12.2 Å². The lowest BCUT2D eigenvalue weighted by atomic mass is 10.2. The first-order chi connectivity index (χ1) is 9.43. The van der Waals surface area contributed by atoms with E-state index in [4.69, 9.17) is 18.0 Å². The highest BCUT2D eigenvalue weighted by Gasteiger charge is 2.16. The van der Waals surface area contributed by atoms with Crippen LogP contribution in [-0.2, 0) is 0 Å². The van der Waals surface area contributed by atoms with Crippen LogP contribution in [0.4, 0.5) is 8.78 Å². The molecule has 0 radical (unpaired) electrons. The van der Waals surface area contributed by atoms with Gasteiger partial charge in [-0.25, -0.2) is 0 Å². The smallest absolute Gasteiger partial charge is 0.387 e. The Labute approximate surface area is 121 Å². The maximum atomic E-state index is 12.3. The summed E-state index contributed by atoms with van der Waals surface area (Å²) >= 11 is 4.80. The van der Waals surface area contributed by atoms with Gasteiger partial charge < -0.3 is 15.4 Å². The molecule has 1 amide bonds. The topological polar surface area (TPSA) is 55.6 Å². The lowest BCUT2D eigenvalue weighted by Crippen LogP contribution is -2.38. The summed E-state index contributed by atoms with van der Waals surface area (Å²) in [5.74, 6) is -0.378. The molecule has 0 aliphatic heterocycles. The van der Waals surface area contributed by atoms with Gasteiger partial charge in [-0.15, -0.1) is 0 Å². The molecule has 0 aliphatic rings. The molecule has 4 nitrogen and oxygen atoms in total. The average Bonchev–Trinajstić information content (AvgIpc) is 2.36. The lowest BCUT2D eigenvalue weighted by molar-refractivity contribution is -0.0499. The highest BCUT2D eigenvalue weighted by Crippen LogP contribution is 2.17. The van der Waals surface area contributed by atoms with Crippen LogP contribution in [0.25, 0.3) is 0 Å². The van der Waals surface area contributed by atoms with Crippen molar-refractivity contribution in [3.05, 3.63) is 29.8 Å². The third-order valence-electron chi connectivity index (χ3n) is 2.43. The number of hydrogen-bond acceptors (Lipinski definition) is 3. The Balaban J connectivity index is 2.90. The summed E-state index contributed by atoms with van der Waals surface area (Å²) in [6.45, 7) is -0.377. The standard InChI is InChI=1S/C13H16F2N2O2S/c1-2-6-17(8-11(16)20)12(18)9-4-3-5-10(7-9)19-13(14)15/h3-5,7,13H,2,6,8H2,1H3,(H2,16,20). The Morgan fingerprint density at radius 3 is 2.75 bits per heavy atom. The van der Waals surface area contributed by atoms with Crippen molar-refractivity contribution in [3.8, 4) is 5.75 Å². The zero-order valence-electron chi connectivity index (χ0n) is 11.0. The van der Waals surface area contributed by atoms with Gasteiger partial charge >= 0.3 is 6.61 Å². The van der Waals surface area contributed by atoms with Crippen molar-refractivity contribution in [2.45, 2.75) is 20.0 Å². The highest BCUT2D eigenvalue weighted by atomic mass is 32.1. The van der Waals surface area contributed by atoms with E-state index in [0.717, 1.165) is 6.42 Å². The van der Waals surface area contributed by atoms with Gasteiger partial charge in [0.1, 0.15) is 5.75 Å². The highest BCUT2D eigenvalue weighted by molar-refractivity contribution is 7.80. The normalized spacial score (nSPS) is 10.4. The molecule has 0 spiro atoms. The van der Waals surface area contributed by atoms with Crippen LogP contribution in [0.3, 0.4) is 0 Å². The number of thiocarbonyl (C=S) groups is 1. The van der Waals surface area contributed by atoms with Gasteiger partial charge in [0.25, 0.3) is 5.91 Å². The monoisotopic (exact) mass is 302 g/mol. The van der Waals surface area contributed by atoms with Gasteiger partial charge in [0.05, 0.1) is 11.5 Å². The number of alkyl halides is 2. The maximum Gasteiger partial charge on any atom is 0.387 e. The lowest BCUT2D eigenvalue weighted by Gasteiger charge is -2.21. The van der Waals surface area contributed by atoms with Crippen LogP contribution in [0.15, 0.2) is 24.3 Å². The fourth-order valence-electron chi connectivity index (χ4n) is 1.70. The van der Waals surface area contributed by atoms with E-state index in [1.807, 2.05) is 6.92 Å². The van der Waals surface area contributed by atoms with E-state index in [2.05, 4.69) is 4.74 Å². The minimum atomic E-state index is -2.93. The zero-order chi connectivity index (χ0) is 15.1. The Kier molecular flexibility index (Phi) is 6.30. The molecule has 1 aromatic rings. The van der Waals surface area contributed by atoms with Gasteiger partial charge in [-0.05, 0) is 24.6 Å². The van der Waals surface area contributed by atoms with Crippen molar-refractivity contribution in [2.24, 2.45) is 5.73 Å². The first-order valence-corrected chi connectivity index (χ1v) is 6.47. The second kappa shape index (κ2) is 7.74. The predicted octanol–water partition coefficient (Wildman–Crippen LogP) is 2.43. The van der Waals surface area contributed by atoms with Crippen LogP contribution in [-0.4, -0.2) is 35.5 Å². The minimum Gasteiger partial charge on any atom is -0.435 e. The Bertz CT molecular complexity index is 483. The molecule has 0 saturated carbocycles. The second-order valence-corrected chi connectivity index (χ2v) is 4.62. The molecule has 2 N–H and O–H groups in total. The Morgan fingerprint density at radius 1 is 1.50 bits per heavy atom.